The molecule has 0 fully saturated rings. The van der Waals surface area contributed by atoms with E-state index in [0.717, 1.165) is 17.8 Å². The molecule has 3 aromatic heterocycles. The van der Waals surface area contributed by atoms with Crippen LogP contribution in [0.4, 0.5) is 0 Å². The summed E-state index contributed by atoms with van der Waals surface area (Å²) in [7, 11) is 0. The van der Waals surface area contributed by atoms with E-state index in [9.17, 15) is 0 Å². The molecule has 2 unspecified atom stereocenters. The summed E-state index contributed by atoms with van der Waals surface area (Å²) < 4.78 is 7.51. The summed E-state index contributed by atoms with van der Waals surface area (Å²) in [6.45, 7) is 0. The zero-order valence-electron chi connectivity index (χ0n) is 35.1. The first-order valence-corrected chi connectivity index (χ1v) is 22.5. The monoisotopic (exact) mass is 815 g/mol. The second kappa shape index (κ2) is 13.4. The van der Waals surface area contributed by atoms with E-state index >= 15 is 0 Å². The molecular formula is C61H41N3. The first kappa shape index (κ1) is 35.5. The van der Waals surface area contributed by atoms with Gasteiger partial charge in [0.15, 0.2) is 0 Å². The van der Waals surface area contributed by atoms with Crippen LogP contribution in [0.5, 0.6) is 0 Å². The Bertz CT molecular complexity index is 3830. The molecule has 300 valence electrons. The van der Waals surface area contributed by atoms with Crippen LogP contribution in [-0.4, -0.2) is 13.7 Å². The van der Waals surface area contributed by atoms with Gasteiger partial charge in [-0.3, -0.25) is 0 Å². The summed E-state index contributed by atoms with van der Waals surface area (Å²) in [6.07, 6.45) is 10.3. The first-order chi connectivity index (χ1) is 31.8. The van der Waals surface area contributed by atoms with Crippen LogP contribution in [0, 0.1) is 5.92 Å². The molecule has 0 aliphatic heterocycles. The summed E-state index contributed by atoms with van der Waals surface area (Å²) >= 11 is 0. The standard InChI is InChI=1S/C61H41N3/c1-4-18-40(19-5-1)61(41-20-6-2-7-21-41)53-38-43(62-54-28-14-10-24-46(54)47-25-11-15-29-55(47)62)32-34-45(53)51-36-37-52-50-35-33-44(39-58(50)64(60(52)59(51)61)42-22-8-3-9-23-42)63-56-30-16-12-26-48(56)49-27-13-17-31-57(49)63/h1-20,22-39,41H,21H2. The zero-order valence-corrected chi connectivity index (χ0v) is 35.1. The van der Waals surface area contributed by atoms with Gasteiger partial charge >= 0.3 is 0 Å². The SMILES string of the molecule is C1=CCC(C2(c3ccccc3)c3cc(-n4c5ccccc5c5ccccc54)ccc3-c3ccc4c5ccc(-n6c7ccccc7c7ccccc76)cc5n(-c5ccccc5)c4c32)C=C1. The molecule has 3 heteroatoms. The van der Waals surface area contributed by atoms with E-state index in [-0.39, 0.29) is 5.92 Å². The van der Waals surface area contributed by atoms with E-state index in [0.29, 0.717) is 0 Å². The molecule has 9 aromatic carbocycles. The highest BCUT2D eigenvalue weighted by atomic mass is 15.0. The van der Waals surface area contributed by atoms with E-state index < -0.39 is 5.41 Å². The number of rotatable bonds is 5. The van der Waals surface area contributed by atoms with Crippen molar-refractivity contribution in [2.75, 3.05) is 0 Å². The van der Waals surface area contributed by atoms with E-state index in [1.165, 1.54) is 98.9 Å². The molecule has 64 heavy (non-hydrogen) atoms. The van der Waals surface area contributed by atoms with Crippen LogP contribution in [0.1, 0.15) is 23.1 Å². The third-order valence-electron chi connectivity index (χ3n) is 14.5. The Kier molecular flexibility index (Phi) is 7.44. The fourth-order valence-corrected chi connectivity index (χ4v) is 12.0. The molecule has 0 bridgehead atoms. The summed E-state index contributed by atoms with van der Waals surface area (Å²) in [6, 6.07) is 77.0. The average molecular weight is 816 g/mol. The quantitative estimate of drug-likeness (QED) is 0.164. The largest absolute Gasteiger partial charge is 0.309 e. The predicted octanol–water partition coefficient (Wildman–Crippen LogP) is 15.4. The summed E-state index contributed by atoms with van der Waals surface area (Å²) in [5, 5.41) is 7.57. The Morgan fingerprint density at radius 2 is 0.875 bits per heavy atom. The maximum absolute atomic E-state index is 2.58. The lowest BCUT2D eigenvalue weighted by molar-refractivity contribution is 0.459. The maximum atomic E-state index is 2.58. The van der Waals surface area contributed by atoms with Crippen LogP contribution in [0.2, 0.25) is 0 Å². The topological polar surface area (TPSA) is 14.8 Å². The highest BCUT2D eigenvalue weighted by Crippen LogP contribution is 2.61. The van der Waals surface area contributed by atoms with E-state index in [2.05, 4.69) is 244 Å². The van der Waals surface area contributed by atoms with Crippen molar-refractivity contribution in [1.29, 1.82) is 0 Å². The minimum atomic E-state index is -0.530. The molecule has 0 radical (unpaired) electrons. The Labute approximate surface area is 370 Å². The fourth-order valence-electron chi connectivity index (χ4n) is 12.0. The lowest BCUT2D eigenvalue weighted by atomic mass is 9.62. The van der Waals surface area contributed by atoms with Crippen LogP contribution in [0.15, 0.2) is 231 Å². The summed E-state index contributed by atoms with van der Waals surface area (Å²) in [5.74, 6) is 0.148. The van der Waals surface area contributed by atoms with Gasteiger partial charge in [0.05, 0.1) is 38.5 Å². The maximum Gasteiger partial charge on any atom is 0.0592 e. The lowest BCUT2D eigenvalue weighted by Crippen LogP contribution is -2.36. The predicted molar refractivity (Wildman–Crippen MR) is 268 cm³/mol. The second-order valence-corrected chi connectivity index (χ2v) is 17.6. The van der Waals surface area contributed by atoms with Crippen molar-refractivity contribution in [1.82, 2.24) is 13.7 Å². The number of nitrogens with zero attached hydrogens (tertiary/aromatic N) is 3. The van der Waals surface area contributed by atoms with Gasteiger partial charge in [0.25, 0.3) is 0 Å². The smallest absolute Gasteiger partial charge is 0.0592 e. The van der Waals surface area contributed by atoms with Crippen LogP contribution in [0.25, 0.3) is 93.6 Å². The Morgan fingerprint density at radius 3 is 1.47 bits per heavy atom. The van der Waals surface area contributed by atoms with Crippen molar-refractivity contribution in [2.24, 2.45) is 5.92 Å². The minimum Gasteiger partial charge on any atom is -0.309 e. The number of hydrogen-bond donors (Lipinski definition) is 0. The van der Waals surface area contributed by atoms with Gasteiger partial charge in [0.1, 0.15) is 0 Å². The van der Waals surface area contributed by atoms with Gasteiger partial charge < -0.3 is 13.7 Å². The third kappa shape index (κ3) is 4.70. The lowest BCUT2D eigenvalue weighted by Gasteiger charge is -2.40. The minimum absolute atomic E-state index is 0.148. The molecule has 0 saturated heterocycles. The molecule has 2 aliphatic rings. The van der Waals surface area contributed by atoms with Crippen LogP contribution in [0.3, 0.4) is 0 Å². The molecule has 0 amide bonds. The van der Waals surface area contributed by atoms with E-state index in [1.54, 1.807) is 0 Å². The molecule has 3 heterocycles. The average Bonchev–Trinajstić information content (AvgIpc) is 4.08. The third-order valence-corrected chi connectivity index (χ3v) is 14.5. The Balaban J connectivity index is 1.12. The number of allylic oxidation sites excluding steroid dienone is 4. The number of fused-ring (bicyclic) bond motifs is 13. The molecule has 0 saturated carbocycles. The number of aromatic nitrogens is 3. The normalized spacial score (nSPS) is 16.8. The molecule has 12 aromatic rings. The van der Waals surface area contributed by atoms with Crippen molar-refractivity contribution >= 4 is 65.4 Å². The van der Waals surface area contributed by atoms with Crippen LogP contribution in [-0.2, 0) is 5.41 Å². The van der Waals surface area contributed by atoms with Crippen molar-refractivity contribution in [3.05, 3.63) is 247 Å². The van der Waals surface area contributed by atoms with Gasteiger partial charge in [0.2, 0.25) is 0 Å². The van der Waals surface area contributed by atoms with Gasteiger partial charge in [-0.1, -0.05) is 170 Å². The first-order valence-electron chi connectivity index (χ1n) is 22.5. The molecule has 0 spiro atoms. The van der Waals surface area contributed by atoms with Crippen molar-refractivity contribution in [2.45, 2.75) is 11.8 Å². The van der Waals surface area contributed by atoms with E-state index in [1.807, 2.05) is 0 Å². The van der Waals surface area contributed by atoms with Gasteiger partial charge in [-0.05, 0) is 95.3 Å². The zero-order chi connectivity index (χ0) is 41.9. The van der Waals surface area contributed by atoms with Crippen molar-refractivity contribution in [3.63, 3.8) is 0 Å². The molecule has 14 rings (SSSR count). The number of para-hydroxylation sites is 5. The Morgan fingerprint density at radius 1 is 0.375 bits per heavy atom. The molecule has 2 aliphatic carbocycles. The van der Waals surface area contributed by atoms with Crippen LogP contribution < -0.4 is 0 Å². The highest BCUT2D eigenvalue weighted by molar-refractivity contribution is 6.15. The second-order valence-electron chi connectivity index (χ2n) is 17.6. The van der Waals surface area contributed by atoms with Crippen molar-refractivity contribution in [3.8, 4) is 28.2 Å². The van der Waals surface area contributed by atoms with Crippen LogP contribution >= 0.6 is 0 Å². The summed E-state index contributed by atoms with van der Waals surface area (Å²) in [4.78, 5) is 0. The Hall–Kier alpha value is -8.14. The van der Waals surface area contributed by atoms with Crippen molar-refractivity contribution < 1.29 is 0 Å². The van der Waals surface area contributed by atoms with E-state index in [4.69, 9.17) is 0 Å². The van der Waals surface area contributed by atoms with Gasteiger partial charge in [-0.2, -0.15) is 0 Å². The molecule has 2 atom stereocenters. The van der Waals surface area contributed by atoms with Gasteiger partial charge in [-0.25, -0.2) is 0 Å². The van der Waals surface area contributed by atoms with Gasteiger partial charge in [-0.15, -0.1) is 0 Å². The highest BCUT2D eigenvalue weighted by Gasteiger charge is 2.51. The molecular weight excluding hydrogens is 775 g/mol. The van der Waals surface area contributed by atoms with Gasteiger partial charge in [0, 0.05) is 54.9 Å². The molecule has 3 nitrogen and oxygen atoms in total. The molecule has 0 N–H and O–H groups in total. The fraction of sp³-hybridized carbons (Fsp3) is 0.0492. The number of benzene rings is 9. The number of hydrogen-bond acceptors (Lipinski definition) is 0. The summed E-state index contributed by atoms with van der Waals surface area (Å²) in [5.41, 5.74) is 16.9.